The first-order chi connectivity index (χ1) is 8.48. The zero-order chi connectivity index (χ0) is 13.3. The molecule has 2 unspecified atom stereocenters. The Kier molecular flexibility index (Phi) is 3.78. The fourth-order valence-electron chi connectivity index (χ4n) is 2.82. The maximum atomic E-state index is 12.8. The number of rotatable bonds is 3. The van der Waals surface area contributed by atoms with Gasteiger partial charge in [0.25, 0.3) is 0 Å². The lowest BCUT2D eigenvalue weighted by atomic mass is 10.2. The van der Waals surface area contributed by atoms with Gasteiger partial charge >= 0.3 is 0 Å². The highest BCUT2D eigenvalue weighted by molar-refractivity contribution is 7.89. The first-order valence-electron chi connectivity index (χ1n) is 6.57. The molecule has 1 aliphatic rings. The number of sulfonamides is 1. The smallest absolute Gasteiger partial charge is 0.207 e. The zero-order valence-electron chi connectivity index (χ0n) is 11.3. The average molecular weight is 267 g/mol. The van der Waals surface area contributed by atoms with Crippen LogP contribution in [0.2, 0.25) is 0 Å². The minimum absolute atomic E-state index is 0.111. The van der Waals surface area contributed by atoms with Crippen molar-refractivity contribution < 1.29 is 8.42 Å². The van der Waals surface area contributed by atoms with Crippen LogP contribution in [0.5, 0.6) is 0 Å². The summed E-state index contributed by atoms with van der Waals surface area (Å²) in [5.41, 5.74) is 0.825. The molecule has 3 nitrogen and oxygen atoms in total. The summed E-state index contributed by atoms with van der Waals surface area (Å²) in [6.45, 7) is 5.92. The molecule has 0 N–H and O–H groups in total. The Morgan fingerprint density at radius 1 is 1.28 bits per heavy atom. The fourth-order valence-corrected chi connectivity index (χ4v) is 5.00. The van der Waals surface area contributed by atoms with Crippen LogP contribution in [-0.4, -0.2) is 24.8 Å². The topological polar surface area (TPSA) is 37.4 Å². The van der Waals surface area contributed by atoms with Crippen molar-refractivity contribution in [2.75, 3.05) is 0 Å². The van der Waals surface area contributed by atoms with Gasteiger partial charge in [-0.05, 0) is 44.7 Å². The molecule has 1 aromatic rings. The van der Waals surface area contributed by atoms with Gasteiger partial charge in [0.2, 0.25) is 10.0 Å². The summed E-state index contributed by atoms with van der Waals surface area (Å²) < 4.78 is 27.2. The van der Waals surface area contributed by atoms with Crippen molar-refractivity contribution in [3.05, 3.63) is 29.8 Å². The Labute approximate surface area is 110 Å². The van der Waals surface area contributed by atoms with Crippen molar-refractivity contribution in [3.63, 3.8) is 0 Å². The van der Waals surface area contributed by atoms with E-state index >= 15 is 0 Å². The number of benzene rings is 1. The van der Waals surface area contributed by atoms with E-state index < -0.39 is 10.0 Å². The van der Waals surface area contributed by atoms with Crippen LogP contribution >= 0.6 is 0 Å². The molecule has 0 amide bonds. The van der Waals surface area contributed by atoms with E-state index in [0.717, 1.165) is 24.8 Å². The van der Waals surface area contributed by atoms with Gasteiger partial charge in [-0.3, -0.25) is 0 Å². The number of hydrogen-bond donors (Lipinski definition) is 0. The van der Waals surface area contributed by atoms with Crippen LogP contribution in [0.25, 0.3) is 0 Å². The van der Waals surface area contributed by atoms with Crippen molar-refractivity contribution in [3.8, 4) is 0 Å². The van der Waals surface area contributed by atoms with Crippen LogP contribution in [0.15, 0.2) is 29.2 Å². The molecule has 0 radical (unpaired) electrons. The second kappa shape index (κ2) is 5.02. The summed E-state index contributed by atoms with van der Waals surface area (Å²) in [4.78, 5) is 0.456. The largest absolute Gasteiger partial charge is 0.243 e. The van der Waals surface area contributed by atoms with Crippen molar-refractivity contribution >= 4 is 10.0 Å². The molecule has 1 aromatic carbocycles. The van der Waals surface area contributed by atoms with Gasteiger partial charge in [0, 0.05) is 12.1 Å². The molecule has 18 heavy (non-hydrogen) atoms. The second-order valence-electron chi connectivity index (χ2n) is 5.09. The first-order valence-corrected chi connectivity index (χ1v) is 8.01. The van der Waals surface area contributed by atoms with E-state index in [1.54, 1.807) is 16.4 Å². The maximum Gasteiger partial charge on any atom is 0.243 e. The van der Waals surface area contributed by atoms with E-state index in [0.29, 0.717) is 4.90 Å². The van der Waals surface area contributed by atoms with E-state index in [4.69, 9.17) is 0 Å². The summed E-state index contributed by atoms with van der Waals surface area (Å²) >= 11 is 0. The molecule has 1 aliphatic heterocycles. The van der Waals surface area contributed by atoms with Gasteiger partial charge in [-0.1, -0.05) is 25.1 Å². The van der Waals surface area contributed by atoms with Crippen molar-refractivity contribution in [2.24, 2.45) is 0 Å². The molecule has 4 heteroatoms. The standard InChI is InChI=1S/C14H21NO2S/c1-4-13-10-9-12(3)15(13)18(16,17)14-8-6-5-7-11(14)2/h5-8,12-13H,4,9-10H2,1-3H3. The summed E-state index contributed by atoms with van der Waals surface area (Å²) in [6, 6.07) is 7.50. The summed E-state index contributed by atoms with van der Waals surface area (Å²) in [5.74, 6) is 0. The molecule has 2 atom stereocenters. The van der Waals surface area contributed by atoms with Crippen LogP contribution in [0.1, 0.15) is 38.7 Å². The molecule has 2 rings (SSSR count). The van der Waals surface area contributed by atoms with Gasteiger partial charge in [0.1, 0.15) is 0 Å². The minimum Gasteiger partial charge on any atom is -0.207 e. The quantitative estimate of drug-likeness (QED) is 0.844. The third-order valence-corrected chi connectivity index (χ3v) is 6.06. The molecule has 0 saturated carbocycles. The molecule has 1 fully saturated rings. The Morgan fingerprint density at radius 3 is 2.56 bits per heavy atom. The SMILES string of the molecule is CCC1CCC(C)N1S(=O)(=O)c1ccccc1C. The third kappa shape index (κ3) is 2.19. The van der Waals surface area contributed by atoms with Crippen molar-refractivity contribution in [1.29, 1.82) is 0 Å². The highest BCUT2D eigenvalue weighted by atomic mass is 32.2. The molecule has 0 spiro atoms. The van der Waals surface area contributed by atoms with Gasteiger partial charge in [-0.25, -0.2) is 8.42 Å². The van der Waals surface area contributed by atoms with Gasteiger partial charge in [-0.2, -0.15) is 4.31 Å². The Morgan fingerprint density at radius 2 is 1.94 bits per heavy atom. The van der Waals surface area contributed by atoms with E-state index in [1.807, 2.05) is 26.0 Å². The Hall–Kier alpha value is -0.870. The van der Waals surface area contributed by atoms with Crippen LogP contribution in [0.3, 0.4) is 0 Å². The van der Waals surface area contributed by atoms with E-state index in [-0.39, 0.29) is 12.1 Å². The lowest BCUT2D eigenvalue weighted by molar-refractivity contribution is 0.328. The molecule has 0 aromatic heterocycles. The fraction of sp³-hybridized carbons (Fsp3) is 0.571. The van der Waals surface area contributed by atoms with Crippen LogP contribution in [-0.2, 0) is 10.0 Å². The highest BCUT2D eigenvalue weighted by Gasteiger charge is 2.39. The van der Waals surface area contributed by atoms with Gasteiger partial charge in [0.05, 0.1) is 4.90 Å². The normalized spacial score (nSPS) is 25.5. The number of nitrogens with zero attached hydrogens (tertiary/aromatic N) is 1. The van der Waals surface area contributed by atoms with Crippen molar-refractivity contribution in [1.82, 2.24) is 4.31 Å². The van der Waals surface area contributed by atoms with E-state index in [9.17, 15) is 8.42 Å². The predicted molar refractivity (Wildman–Crippen MR) is 73.0 cm³/mol. The summed E-state index contributed by atoms with van der Waals surface area (Å²) in [7, 11) is -3.35. The molecule has 0 aliphatic carbocycles. The van der Waals surface area contributed by atoms with Crippen LogP contribution in [0.4, 0.5) is 0 Å². The lowest BCUT2D eigenvalue weighted by Gasteiger charge is -2.27. The lowest BCUT2D eigenvalue weighted by Crippen LogP contribution is -2.39. The second-order valence-corrected chi connectivity index (χ2v) is 6.90. The molecule has 1 saturated heterocycles. The van der Waals surface area contributed by atoms with Crippen LogP contribution < -0.4 is 0 Å². The molecule has 1 heterocycles. The zero-order valence-corrected chi connectivity index (χ0v) is 12.1. The van der Waals surface area contributed by atoms with E-state index in [1.165, 1.54) is 0 Å². The Balaban J connectivity index is 2.46. The first kappa shape index (κ1) is 13.6. The monoisotopic (exact) mass is 267 g/mol. The molecule has 100 valence electrons. The van der Waals surface area contributed by atoms with Gasteiger partial charge < -0.3 is 0 Å². The van der Waals surface area contributed by atoms with Crippen LogP contribution in [0, 0.1) is 6.92 Å². The Bertz CT molecular complexity index is 524. The maximum absolute atomic E-state index is 12.8. The number of hydrogen-bond acceptors (Lipinski definition) is 2. The molecular formula is C14H21NO2S. The van der Waals surface area contributed by atoms with Gasteiger partial charge in [-0.15, -0.1) is 0 Å². The third-order valence-electron chi connectivity index (χ3n) is 3.83. The molecular weight excluding hydrogens is 246 g/mol. The number of aryl methyl sites for hydroxylation is 1. The average Bonchev–Trinajstić information content (AvgIpc) is 2.71. The predicted octanol–water partition coefficient (Wildman–Crippen LogP) is 2.95. The van der Waals surface area contributed by atoms with Crippen molar-refractivity contribution in [2.45, 2.75) is 57.0 Å². The highest BCUT2D eigenvalue weighted by Crippen LogP contribution is 2.33. The molecule has 0 bridgehead atoms. The summed E-state index contributed by atoms with van der Waals surface area (Å²) in [6.07, 6.45) is 2.82. The minimum atomic E-state index is -3.35. The summed E-state index contributed by atoms with van der Waals surface area (Å²) in [5, 5.41) is 0. The van der Waals surface area contributed by atoms with Gasteiger partial charge in [0.15, 0.2) is 0 Å². The van der Waals surface area contributed by atoms with E-state index in [2.05, 4.69) is 6.92 Å².